The molecule has 0 saturated carbocycles. The maximum Gasteiger partial charge on any atom is 0.243 e. The highest BCUT2D eigenvalue weighted by Crippen LogP contribution is 2.19. The van der Waals surface area contributed by atoms with Crippen LogP contribution in [0.25, 0.3) is 0 Å². The van der Waals surface area contributed by atoms with Crippen molar-refractivity contribution in [2.45, 2.75) is 19.0 Å². The Labute approximate surface area is 147 Å². The average Bonchev–Trinajstić information content (AvgIpc) is 2.69. The van der Waals surface area contributed by atoms with Crippen LogP contribution in [0.15, 0.2) is 42.6 Å². The van der Waals surface area contributed by atoms with Crippen molar-refractivity contribution < 1.29 is 9.53 Å². The molecule has 25 heavy (non-hydrogen) atoms. The molecule has 2 aliphatic heterocycles. The molecule has 2 aromatic rings. The van der Waals surface area contributed by atoms with Crippen LogP contribution in [0, 0.1) is 0 Å². The molecule has 0 spiro atoms. The quantitative estimate of drug-likeness (QED) is 0.889. The van der Waals surface area contributed by atoms with Gasteiger partial charge in [-0.2, -0.15) is 0 Å². The number of nitrogens with zero attached hydrogens (tertiary/aromatic N) is 2. The number of ether oxygens (including phenoxy) is 1. The molecule has 6 heteroatoms. The molecule has 2 N–H and O–H groups in total. The fraction of sp³-hybridized carbons (Fsp3) is 0.368. The van der Waals surface area contributed by atoms with Crippen LogP contribution in [-0.2, 0) is 22.5 Å². The number of fused-ring (bicyclic) bond motifs is 1. The second-order valence-electron chi connectivity index (χ2n) is 6.40. The Hall–Kier alpha value is -2.44. The van der Waals surface area contributed by atoms with Gasteiger partial charge in [-0.05, 0) is 29.7 Å². The molecule has 1 aromatic heterocycles. The number of benzene rings is 1. The average molecular weight is 338 g/mol. The van der Waals surface area contributed by atoms with Gasteiger partial charge in [0.2, 0.25) is 5.91 Å². The van der Waals surface area contributed by atoms with Crippen LogP contribution in [0.2, 0.25) is 0 Å². The molecular weight excluding hydrogens is 316 g/mol. The zero-order valence-electron chi connectivity index (χ0n) is 14.1. The number of rotatable bonds is 3. The largest absolute Gasteiger partial charge is 0.378 e. The van der Waals surface area contributed by atoms with Crippen molar-refractivity contribution in [1.29, 1.82) is 0 Å². The van der Waals surface area contributed by atoms with E-state index in [0.717, 1.165) is 38.5 Å². The molecule has 0 bridgehead atoms. The lowest BCUT2D eigenvalue weighted by Crippen LogP contribution is -2.44. The lowest BCUT2D eigenvalue weighted by molar-refractivity contribution is -0.118. The van der Waals surface area contributed by atoms with Crippen LogP contribution in [0.1, 0.15) is 11.1 Å². The first-order chi connectivity index (χ1) is 12.3. The monoisotopic (exact) mass is 338 g/mol. The first-order valence-electron chi connectivity index (χ1n) is 8.69. The van der Waals surface area contributed by atoms with E-state index in [-0.39, 0.29) is 11.9 Å². The molecule has 1 unspecified atom stereocenters. The second-order valence-corrected chi connectivity index (χ2v) is 6.40. The van der Waals surface area contributed by atoms with Crippen LogP contribution < -0.4 is 15.5 Å². The van der Waals surface area contributed by atoms with E-state index in [9.17, 15) is 4.79 Å². The van der Waals surface area contributed by atoms with Gasteiger partial charge in [0, 0.05) is 19.6 Å². The number of hydrogen-bond acceptors (Lipinski definition) is 5. The van der Waals surface area contributed by atoms with E-state index in [4.69, 9.17) is 4.74 Å². The molecule has 1 saturated heterocycles. The summed E-state index contributed by atoms with van der Waals surface area (Å²) in [6.45, 7) is 3.95. The summed E-state index contributed by atoms with van der Waals surface area (Å²) in [4.78, 5) is 19.2. The van der Waals surface area contributed by atoms with Crippen LogP contribution in [0.4, 0.5) is 11.5 Å². The van der Waals surface area contributed by atoms with Gasteiger partial charge in [0.1, 0.15) is 5.82 Å². The van der Waals surface area contributed by atoms with Crippen LogP contribution >= 0.6 is 0 Å². The first kappa shape index (κ1) is 16.1. The molecule has 1 amide bonds. The fourth-order valence-corrected chi connectivity index (χ4v) is 3.32. The molecule has 4 rings (SSSR count). The zero-order chi connectivity index (χ0) is 17.1. The summed E-state index contributed by atoms with van der Waals surface area (Å²) in [6.07, 6.45) is 2.51. The Bertz CT molecular complexity index is 741. The number of anilines is 2. The van der Waals surface area contributed by atoms with Crippen LogP contribution in [-0.4, -0.2) is 43.2 Å². The van der Waals surface area contributed by atoms with Crippen molar-refractivity contribution in [3.63, 3.8) is 0 Å². The van der Waals surface area contributed by atoms with E-state index in [1.54, 1.807) is 0 Å². The van der Waals surface area contributed by atoms with Crippen molar-refractivity contribution in [3.05, 3.63) is 53.7 Å². The highest BCUT2D eigenvalue weighted by atomic mass is 16.5. The lowest BCUT2D eigenvalue weighted by atomic mass is 9.95. The SMILES string of the molecule is O=C(Nc1ccc(N2CCOCC2)cn1)C1Cc2ccccc2CN1. The standard InChI is InChI=1S/C19H22N4O2/c24-19(17-11-14-3-1-2-4-15(14)12-20-17)22-18-6-5-16(13-21-18)23-7-9-25-10-8-23/h1-6,13,17,20H,7-12H2,(H,21,22,24). The Kier molecular flexibility index (Phi) is 4.63. The molecule has 1 fully saturated rings. The Morgan fingerprint density at radius 3 is 2.72 bits per heavy atom. The summed E-state index contributed by atoms with van der Waals surface area (Å²) in [7, 11) is 0. The van der Waals surface area contributed by atoms with Crippen LogP contribution in [0.5, 0.6) is 0 Å². The summed E-state index contributed by atoms with van der Waals surface area (Å²) >= 11 is 0. The molecule has 0 radical (unpaired) electrons. The molecule has 1 atom stereocenters. The molecule has 130 valence electrons. The third kappa shape index (κ3) is 3.65. The number of carbonyl (C=O) groups excluding carboxylic acids is 1. The Morgan fingerprint density at radius 1 is 1.16 bits per heavy atom. The van der Waals surface area contributed by atoms with Gasteiger partial charge in [0.05, 0.1) is 31.1 Å². The highest BCUT2D eigenvalue weighted by molar-refractivity contribution is 5.94. The van der Waals surface area contributed by atoms with Gasteiger partial charge < -0.3 is 20.3 Å². The maximum absolute atomic E-state index is 12.5. The zero-order valence-corrected chi connectivity index (χ0v) is 14.1. The minimum Gasteiger partial charge on any atom is -0.378 e. The summed E-state index contributed by atoms with van der Waals surface area (Å²) in [6, 6.07) is 11.9. The third-order valence-corrected chi connectivity index (χ3v) is 4.77. The molecule has 2 aliphatic rings. The number of hydrogen-bond donors (Lipinski definition) is 2. The van der Waals surface area contributed by atoms with Crippen LogP contribution in [0.3, 0.4) is 0 Å². The van der Waals surface area contributed by atoms with Crippen molar-refractivity contribution in [3.8, 4) is 0 Å². The van der Waals surface area contributed by atoms with Crippen molar-refractivity contribution >= 4 is 17.4 Å². The van der Waals surface area contributed by atoms with Gasteiger partial charge in [-0.15, -0.1) is 0 Å². The minimum atomic E-state index is -0.226. The first-order valence-corrected chi connectivity index (χ1v) is 8.69. The van der Waals surface area contributed by atoms with Gasteiger partial charge in [-0.3, -0.25) is 4.79 Å². The normalized spacial score (nSPS) is 20.0. The molecule has 6 nitrogen and oxygen atoms in total. The summed E-state index contributed by atoms with van der Waals surface area (Å²) in [5, 5.41) is 6.21. The van der Waals surface area contributed by atoms with Gasteiger partial charge in [-0.25, -0.2) is 4.98 Å². The summed E-state index contributed by atoms with van der Waals surface area (Å²) < 4.78 is 5.36. The van der Waals surface area contributed by atoms with E-state index in [2.05, 4.69) is 32.7 Å². The van der Waals surface area contributed by atoms with Gasteiger partial charge in [0.15, 0.2) is 0 Å². The molecular formula is C19H22N4O2. The summed E-state index contributed by atoms with van der Waals surface area (Å²) in [5.74, 6) is 0.545. The topological polar surface area (TPSA) is 66.5 Å². The number of carbonyl (C=O) groups is 1. The van der Waals surface area contributed by atoms with Gasteiger partial charge in [0.25, 0.3) is 0 Å². The second kappa shape index (κ2) is 7.21. The summed E-state index contributed by atoms with van der Waals surface area (Å²) in [5.41, 5.74) is 3.56. The van der Waals surface area contributed by atoms with E-state index in [0.29, 0.717) is 12.2 Å². The fourth-order valence-electron chi connectivity index (χ4n) is 3.32. The number of nitrogens with one attached hydrogen (secondary N) is 2. The van der Waals surface area contributed by atoms with E-state index in [1.165, 1.54) is 11.1 Å². The van der Waals surface area contributed by atoms with Crippen molar-refractivity contribution in [1.82, 2.24) is 10.3 Å². The maximum atomic E-state index is 12.5. The van der Waals surface area contributed by atoms with E-state index >= 15 is 0 Å². The Morgan fingerprint density at radius 2 is 1.96 bits per heavy atom. The number of aromatic nitrogens is 1. The molecule has 3 heterocycles. The predicted molar refractivity (Wildman–Crippen MR) is 96.7 cm³/mol. The van der Waals surface area contributed by atoms with E-state index < -0.39 is 0 Å². The van der Waals surface area contributed by atoms with Crippen molar-refractivity contribution in [2.24, 2.45) is 0 Å². The smallest absolute Gasteiger partial charge is 0.243 e. The van der Waals surface area contributed by atoms with Gasteiger partial charge in [-0.1, -0.05) is 24.3 Å². The van der Waals surface area contributed by atoms with Crippen molar-refractivity contribution in [2.75, 3.05) is 36.5 Å². The lowest BCUT2D eigenvalue weighted by Gasteiger charge is -2.28. The number of pyridine rings is 1. The number of amides is 1. The number of morpholine rings is 1. The Balaban J connectivity index is 1.38. The third-order valence-electron chi connectivity index (χ3n) is 4.77. The minimum absolute atomic E-state index is 0.0406. The molecule has 1 aromatic carbocycles. The van der Waals surface area contributed by atoms with E-state index in [1.807, 2.05) is 30.5 Å². The molecule has 0 aliphatic carbocycles. The van der Waals surface area contributed by atoms with Gasteiger partial charge >= 0.3 is 0 Å². The predicted octanol–water partition coefficient (Wildman–Crippen LogP) is 1.57. The highest BCUT2D eigenvalue weighted by Gasteiger charge is 2.24.